The number of hydrogen-bond donors (Lipinski definition) is 0. The summed E-state index contributed by atoms with van der Waals surface area (Å²) in [7, 11) is 0. The molecule has 0 aliphatic heterocycles. The molecule has 2 aromatic rings. The van der Waals surface area contributed by atoms with E-state index in [2.05, 4.69) is 9.97 Å². The fourth-order valence-corrected chi connectivity index (χ4v) is 1.68. The van der Waals surface area contributed by atoms with Crippen LogP contribution in [-0.2, 0) is 12.9 Å². The first-order chi connectivity index (χ1) is 9.64. The maximum Gasteiger partial charge on any atom is 0.0543 e. The Balaban J connectivity index is 2.08. The zero-order chi connectivity index (χ0) is 14.4. The van der Waals surface area contributed by atoms with Crippen molar-refractivity contribution in [3.8, 4) is 0 Å². The van der Waals surface area contributed by atoms with Gasteiger partial charge in [-0.1, -0.05) is 19.1 Å². The SMILES string of the molecule is [2H]C([2H])(c1ccccn1)N(CC)CCc1ccccn1. The fourth-order valence-electron chi connectivity index (χ4n) is 1.68. The molecule has 0 fully saturated rings. The van der Waals surface area contributed by atoms with Gasteiger partial charge in [0.25, 0.3) is 0 Å². The van der Waals surface area contributed by atoms with Crippen LogP contribution < -0.4 is 0 Å². The number of rotatable bonds is 6. The second kappa shape index (κ2) is 6.87. The van der Waals surface area contributed by atoms with E-state index in [1.54, 1.807) is 29.4 Å². The van der Waals surface area contributed by atoms with Crippen LogP contribution in [0, 0.1) is 0 Å². The van der Waals surface area contributed by atoms with Crippen LogP contribution in [0.2, 0.25) is 0 Å². The Morgan fingerprint density at radius 2 is 1.72 bits per heavy atom. The Kier molecular flexibility index (Phi) is 3.89. The standard InChI is InChI=1S/C15H19N3/c1-2-18(13-15-8-4-6-11-17-15)12-9-14-7-3-5-10-16-14/h3-8,10-11H,2,9,12-13H2,1H3/i13D2. The molecule has 2 heterocycles. The number of nitrogens with zero attached hydrogens (tertiary/aromatic N) is 3. The van der Waals surface area contributed by atoms with Crippen LogP contribution >= 0.6 is 0 Å². The van der Waals surface area contributed by atoms with Crippen LogP contribution in [0.15, 0.2) is 48.8 Å². The highest BCUT2D eigenvalue weighted by molar-refractivity contribution is 5.05. The third-order valence-corrected chi connectivity index (χ3v) is 2.68. The predicted molar refractivity (Wildman–Crippen MR) is 73.1 cm³/mol. The van der Waals surface area contributed by atoms with E-state index in [4.69, 9.17) is 2.74 Å². The first-order valence-electron chi connectivity index (χ1n) is 7.21. The lowest BCUT2D eigenvalue weighted by Gasteiger charge is -2.19. The van der Waals surface area contributed by atoms with Crippen molar-refractivity contribution in [2.24, 2.45) is 0 Å². The van der Waals surface area contributed by atoms with Crippen molar-refractivity contribution < 1.29 is 2.74 Å². The predicted octanol–water partition coefficient (Wildman–Crippen LogP) is 2.54. The summed E-state index contributed by atoms with van der Waals surface area (Å²) in [6.07, 6.45) is 4.11. The molecule has 3 nitrogen and oxygen atoms in total. The Hall–Kier alpha value is -1.74. The molecule has 2 aromatic heterocycles. The normalized spacial score (nSPS) is 13.2. The van der Waals surface area contributed by atoms with Gasteiger partial charge in [0.05, 0.1) is 5.69 Å². The lowest BCUT2D eigenvalue weighted by molar-refractivity contribution is 0.279. The van der Waals surface area contributed by atoms with Crippen LogP contribution in [0.4, 0.5) is 0 Å². The van der Waals surface area contributed by atoms with Gasteiger partial charge in [0.1, 0.15) is 0 Å². The van der Waals surface area contributed by atoms with E-state index in [1.807, 2.05) is 31.2 Å². The third-order valence-electron chi connectivity index (χ3n) is 2.68. The molecule has 0 aliphatic rings. The monoisotopic (exact) mass is 243 g/mol. The number of hydrogen-bond acceptors (Lipinski definition) is 3. The van der Waals surface area contributed by atoms with Crippen molar-refractivity contribution in [1.29, 1.82) is 0 Å². The average molecular weight is 243 g/mol. The molecule has 0 spiro atoms. The van der Waals surface area contributed by atoms with Gasteiger partial charge < -0.3 is 0 Å². The maximum absolute atomic E-state index is 8.30. The lowest BCUT2D eigenvalue weighted by atomic mass is 10.2. The van der Waals surface area contributed by atoms with Crippen LogP contribution in [0.1, 0.15) is 21.1 Å². The van der Waals surface area contributed by atoms with Crippen molar-refractivity contribution in [2.75, 3.05) is 13.1 Å². The van der Waals surface area contributed by atoms with Crippen LogP contribution in [-0.4, -0.2) is 28.0 Å². The van der Waals surface area contributed by atoms with Gasteiger partial charge in [-0.3, -0.25) is 14.9 Å². The highest BCUT2D eigenvalue weighted by Crippen LogP contribution is 2.03. The Bertz CT molecular complexity index is 517. The summed E-state index contributed by atoms with van der Waals surface area (Å²) in [5, 5.41) is 0. The molecule has 0 saturated carbocycles. The second-order valence-corrected chi connectivity index (χ2v) is 3.98. The van der Waals surface area contributed by atoms with Crippen molar-refractivity contribution in [2.45, 2.75) is 19.8 Å². The van der Waals surface area contributed by atoms with E-state index < -0.39 is 6.50 Å². The molecule has 2 rings (SSSR count). The van der Waals surface area contributed by atoms with Crippen molar-refractivity contribution in [1.82, 2.24) is 14.9 Å². The van der Waals surface area contributed by atoms with Crippen molar-refractivity contribution in [3.63, 3.8) is 0 Å². The molecule has 0 saturated heterocycles. The van der Waals surface area contributed by atoms with Gasteiger partial charge in [-0.15, -0.1) is 0 Å². The van der Waals surface area contributed by atoms with Crippen molar-refractivity contribution >= 4 is 0 Å². The highest BCUT2D eigenvalue weighted by atomic mass is 15.1. The van der Waals surface area contributed by atoms with E-state index >= 15 is 0 Å². The van der Waals surface area contributed by atoms with Gasteiger partial charge in [-0.2, -0.15) is 0 Å². The Morgan fingerprint density at radius 3 is 2.28 bits per heavy atom. The molecule has 0 aliphatic carbocycles. The van der Waals surface area contributed by atoms with Crippen LogP contribution in [0.5, 0.6) is 0 Å². The van der Waals surface area contributed by atoms with E-state index in [9.17, 15) is 0 Å². The molecule has 0 amide bonds. The summed E-state index contributed by atoms with van der Waals surface area (Å²) in [6.45, 7) is 1.62. The Labute approximate surface area is 111 Å². The quantitative estimate of drug-likeness (QED) is 0.780. The second-order valence-electron chi connectivity index (χ2n) is 3.98. The minimum atomic E-state index is -1.56. The minimum absolute atomic E-state index is 0.447. The molecule has 0 radical (unpaired) electrons. The molecule has 94 valence electrons. The summed E-state index contributed by atoms with van der Waals surface area (Å²) in [5.74, 6) is 0. The maximum atomic E-state index is 8.30. The summed E-state index contributed by atoms with van der Waals surface area (Å²) in [4.78, 5) is 10.2. The van der Waals surface area contributed by atoms with Crippen LogP contribution in [0.25, 0.3) is 0 Å². The molecule has 0 aromatic carbocycles. The summed E-state index contributed by atoms with van der Waals surface area (Å²) in [6, 6.07) is 11.1. The molecule has 0 unspecified atom stereocenters. The smallest absolute Gasteiger partial charge is 0.0543 e. The molecule has 0 bridgehead atoms. The van der Waals surface area contributed by atoms with Gasteiger partial charge in [-0.25, -0.2) is 0 Å². The van der Waals surface area contributed by atoms with Crippen LogP contribution in [0.3, 0.4) is 0 Å². The summed E-state index contributed by atoms with van der Waals surface area (Å²) >= 11 is 0. The molecule has 18 heavy (non-hydrogen) atoms. The third kappa shape index (κ3) is 3.93. The van der Waals surface area contributed by atoms with Gasteiger partial charge in [-0.05, 0) is 30.8 Å². The number of likely N-dealkylation sites (N-methyl/N-ethyl adjacent to an activating group) is 1. The first-order valence-corrected chi connectivity index (χ1v) is 6.21. The Morgan fingerprint density at radius 1 is 1.06 bits per heavy atom. The first kappa shape index (κ1) is 10.2. The molecule has 0 atom stereocenters. The fraction of sp³-hybridized carbons (Fsp3) is 0.333. The zero-order valence-electron chi connectivity index (χ0n) is 12.6. The average Bonchev–Trinajstić information content (AvgIpc) is 2.49. The van der Waals surface area contributed by atoms with E-state index in [0.717, 1.165) is 12.1 Å². The van der Waals surface area contributed by atoms with Gasteiger partial charge in [0, 0.05) is 40.3 Å². The molecular formula is C15H19N3. The molecule has 0 N–H and O–H groups in total. The minimum Gasteiger partial charge on any atom is -0.297 e. The van der Waals surface area contributed by atoms with Gasteiger partial charge in [0.15, 0.2) is 0 Å². The lowest BCUT2D eigenvalue weighted by Crippen LogP contribution is -2.26. The van der Waals surface area contributed by atoms with Gasteiger partial charge in [0.2, 0.25) is 0 Å². The van der Waals surface area contributed by atoms with E-state index in [1.165, 1.54) is 0 Å². The number of pyridine rings is 2. The van der Waals surface area contributed by atoms with Gasteiger partial charge >= 0.3 is 0 Å². The number of aromatic nitrogens is 2. The van der Waals surface area contributed by atoms with E-state index in [0.29, 0.717) is 18.8 Å². The summed E-state index contributed by atoms with van der Waals surface area (Å²) < 4.78 is 16.6. The molecular weight excluding hydrogens is 222 g/mol. The topological polar surface area (TPSA) is 29.0 Å². The highest BCUT2D eigenvalue weighted by Gasteiger charge is 2.05. The zero-order valence-corrected chi connectivity index (χ0v) is 10.6. The van der Waals surface area contributed by atoms with E-state index in [-0.39, 0.29) is 0 Å². The summed E-state index contributed by atoms with van der Waals surface area (Å²) in [5.41, 5.74) is 1.42. The van der Waals surface area contributed by atoms with Crippen molar-refractivity contribution in [3.05, 3.63) is 60.2 Å². The molecule has 3 heteroatoms. The largest absolute Gasteiger partial charge is 0.297 e.